The van der Waals surface area contributed by atoms with Crippen LogP contribution in [0.15, 0.2) is 27.8 Å². The fourth-order valence-electron chi connectivity index (χ4n) is 1.77. The van der Waals surface area contributed by atoms with Crippen molar-refractivity contribution < 1.29 is 8.42 Å². The number of halogens is 1. The first-order valence-electron chi connectivity index (χ1n) is 5.60. The zero-order valence-corrected chi connectivity index (χ0v) is 12.0. The molecule has 0 amide bonds. The second kappa shape index (κ2) is 5.04. The molecule has 94 valence electrons. The van der Waals surface area contributed by atoms with Crippen molar-refractivity contribution in [2.24, 2.45) is 5.92 Å². The lowest BCUT2D eigenvalue weighted by molar-refractivity contribution is 0.529. The molecule has 0 aromatic carbocycles. The molecule has 4 nitrogen and oxygen atoms in total. The molecular formula is C11H15BrN2O2S. The lowest BCUT2D eigenvalue weighted by atomic mass is 10.2. The van der Waals surface area contributed by atoms with Crippen LogP contribution >= 0.6 is 15.9 Å². The first-order valence-corrected chi connectivity index (χ1v) is 7.88. The molecule has 0 bridgehead atoms. The summed E-state index contributed by atoms with van der Waals surface area (Å²) in [5, 5.41) is 0. The van der Waals surface area contributed by atoms with E-state index >= 15 is 0 Å². The number of nitrogens with zero attached hydrogens (tertiary/aromatic N) is 1. The van der Waals surface area contributed by atoms with Gasteiger partial charge in [0.25, 0.3) is 0 Å². The van der Waals surface area contributed by atoms with Crippen molar-refractivity contribution in [3.63, 3.8) is 0 Å². The van der Waals surface area contributed by atoms with Crippen molar-refractivity contribution in [1.82, 2.24) is 9.71 Å². The molecule has 0 spiro atoms. The third-order valence-electron chi connectivity index (χ3n) is 2.73. The molecule has 1 aromatic heterocycles. The van der Waals surface area contributed by atoms with Crippen LogP contribution in [0, 0.1) is 5.92 Å². The Labute approximate surface area is 110 Å². The Kier molecular flexibility index (Phi) is 3.85. The van der Waals surface area contributed by atoms with E-state index in [9.17, 15) is 8.42 Å². The van der Waals surface area contributed by atoms with Crippen LogP contribution in [0.25, 0.3) is 0 Å². The summed E-state index contributed by atoms with van der Waals surface area (Å²) in [5.41, 5.74) is 0. The Morgan fingerprint density at radius 2 is 2.24 bits per heavy atom. The van der Waals surface area contributed by atoms with Crippen molar-refractivity contribution in [3.05, 3.63) is 22.9 Å². The van der Waals surface area contributed by atoms with E-state index in [-0.39, 0.29) is 10.9 Å². The van der Waals surface area contributed by atoms with Crippen molar-refractivity contribution in [1.29, 1.82) is 0 Å². The smallest absolute Gasteiger partial charge is 0.242 e. The fourth-order valence-corrected chi connectivity index (χ4v) is 3.53. The lowest BCUT2D eigenvalue weighted by Crippen LogP contribution is -2.33. The molecule has 0 radical (unpaired) electrons. The van der Waals surface area contributed by atoms with E-state index in [0.29, 0.717) is 10.4 Å². The predicted molar refractivity (Wildman–Crippen MR) is 69.1 cm³/mol. The van der Waals surface area contributed by atoms with Crippen LogP contribution in [0.4, 0.5) is 0 Å². The zero-order chi connectivity index (χ0) is 12.5. The van der Waals surface area contributed by atoms with Gasteiger partial charge in [0.2, 0.25) is 10.0 Å². The van der Waals surface area contributed by atoms with Crippen LogP contribution in [-0.4, -0.2) is 19.4 Å². The maximum Gasteiger partial charge on any atom is 0.242 e. The Morgan fingerprint density at radius 1 is 1.53 bits per heavy atom. The fraction of sp³-hybridized carbons (Fsp3) is 0.545. The zero-order valence-electron chi connectivity index (χ0n) is 9.56. The minimum atomic E-state index is -3.44. The van der Waals surface area contributed by atoms with Crippen LogP contribution in [-0.2, 0) is 10.0 Å². The molecule has 1 unspecified atom stereocenters. The van der Waals surface area contributed by atoms with Gasteiger partial charge in [-0.2, -0.15) is 0 Å². The summed E-state index contributed by atoms with van der Waals surface area (Å²) in [7, 11) is -3.44. The van der Waals surface area contributed by atoms with E-state index in [1.165, 1.54) is 19.0 Å². The lowest BCUT2D eigenvalue weighted by Gasteiger charge is -2.13. The molecule has 1 fully saturated rings. The van der Waals surface area contributed by atoms with Crippen molar-refractivity contribution in [3.8, 4) is 0 Å². The Bertz CT molecular complexity index is 500. The molecule has 6 heteroatoms. The largest absolute Gasteiger partial charge is 0.262 e. The standard InChI is InChI=1S/C11H15BrN2O2S/c1-8(4-9-2-3-9)14-17(15,16)11-5-10(12)6-13-7-11/h5-9,14H,2-4H2,1H3. The van der Waals surface area contributed by atoms with Crippen LogP contribution in [0.5, 0.6) is 0 Å². The number of sulfonamides is 1. The van der Waals surface area contributed by atoms with Crippen molar-refractivity contribution in [2.45, 2.75) is 37.1 Å². The van der Waals surface area contributed by atoms with Gasteiger partial charge in [-0.05, 0) is 41.3 Å². The highest BCUT2D eigenvalue weighted by molar-refractivity contribution is 9.10. The summed E-state index contributed by atoms with van der Waals surface area (Å²) in [6.07, 6.45) is 6.29. The summed E-state index contributed by atoms with van der Waals surface area (Å²) in [5.74, 6) is 0.702. The van der Waals surface area contributed by atoms with Gasteiger partial charge < -0.3 is 0 Å². The van der Waals surface area contributed by atoms with Gasteiger partial charge in [-0.25, -0.2) is 13.1 Å². The topological polar surface area (TPSA) is 59.1 Å². The van der Waals surface area contributed by atoms with Gasteiger partial charge in [0, 0.05) is 22.9 Å². The molecule has 1 heterocycles. The normalized spacial score (nSPS) is 18.0. The number of rotatable bonds is 5. The highest BCUT2D eigenvalue weighted by Crippen LogP contribution is 2.33. The maximum absolute atomic E-state index is 12.0. The number of pyridine rings is 1. The molecule has 0 aliphatic heterocycles. The highest BCUT2D eigenvalue weighted by atomic mass is 79.9. The molecule has 1 aliphatic rings. The number of nitrogens with one attached hydrogen (secondary N) is 1. The van der Waals surface area contributed by atoms with Gasteiger partial charge in [0.15, 0.2) is 0 Å². The van der Waals surface area contributed by atoms with E-state index < -0.39 is 10.0 Å². The molecule has 1 aromatic rings. The molecule has 1 N–H and O–H groups in total. The van der Waals surface area contributed by atoms with Crippen molar-refractivity contribution >= 4 is 26.0 Å². The molecule has 1 aliphatic carbocycles. The molecule has 17 heavy (non-hydrogen) atoms. The third kappa shape index (κ3) is 3.76. The Hall–Kier alpha value is -0.460. The summed E-state index contributed by atoms with van der Waals surface area (Å²) in [6, 6.07) is 1.53. The van der Waals surface area contributed by atoms with E-state index in [4.69, 9.17) is 0 Å². The van der Waals surface area contributed by atoms with Crippen LogP contribution in [0.1, 0.15) is 26.2 Å². The summed E-state index contributed by atoms with van der Waals surface area (Å²) in [4.78, 5) is 4.07. The van der Waals surface area contributed by atoms with E-state index in [0.717, 1.165) is 6.42 Å². The summed E-state index contributed by atoms with van der Waals surface area (Å²) >= 11 is 3.22. The number of hydrogen-bond donors (Lipinski definition) is 1. The summed E-state index contributed by atoms with van der Waals surface area (Å²) in [6.45, 7) is 1.90. The third-order valence-corrected chi connectivity index (χ3v) is 4.72. The quantitative estimate of drug-likeness (QED) is 0.906. The molecular weight excluding hydrogens is 304 g/mol. The Balaban J connectivity index is 2.07. The first kappa shape index (κ1) is 13.0. The molecule has 1 saturated carbocycles. The van der Waals surface area contributed by atoms with E-state index in [1.807, 2.05) is 6.92 Å². The first-order chi connectivity index (χ1) is 7.97. The van der Waals surface area contributed by atoms with Crippen LogP contribution in [0.2, 0.25) is 0 Å². The molecule has 1 atom stereocenters. The monoisotopic (exact) mass is 318 g/mol. The average Bonchev–Trinajstić information content (AvgIpc) is 3.00. The van der Waals surface area contributed by atoms with Crippen LogP contribution < -0.4 is 4.72 Å². The number of aromatic nitrogens is 1. The van der Waals surface area contributed by atoms with Gasteiger partial charge >= 0.3 is 0 Å². The number of hydrogen-bond acceptors (Lipinski definition) is 3. The molecule has 2 rings (SSSR count). The van der Waals surface area contributed by atoms with Gasteiger partial charge in [-0.3, -0.25) is 4.98 Å². The van der Waals surface area contributed by atoms with Gasteiger partial charge in [-0.15, -0.1) is 0 Å². The Morgan fingerprint density at radius 3 is 2.82 bits per heavy atom. The van der Waals surface area contributed by atoms with Crippen LogP contribution in [0.3, 0.4) is 0 Å². The second-order valence-corrected chi connectivity index (χ2v) is 7.17. The highest BCUT2D eigenvalue weighted by Gasteiger charge is 2.26. The van der Waals surface area contributed by atoms with Gasteiger partial charge in [0.05, 0.1) is 0 Å². The maximum atomic E-state index is 12.0. The minimum Gasteiger partial charge on any atom is -0.262 e. The second-order valence-electron chi connectivity index (χ2n) is 4.54. The average molecular weight is 319 g/mol. The summed E-state index contributed by atoms with van der Waals surface area (Å²) < 4.78 is 27.4. The van der Waals surface area contributed by atoms with Gasteiger partial charge in [0.1, 0.15) is 4.90 Å². The molecule has 0 saturated heterocycles. The SMILES string of the molecule is CC(CC1CC1)NS(=O)(=O)c1cncc(Br)c1. The minimum absolute atomic E-state index is 0.0218. The van der Waals surface area contributed by atoms with E-state index in [1.54, 1.807) is 12.3 Å². The predicted octanol–water partition coefficient (Wildman–Crippen LogP) is 2.31. The van der Waals surface area contributed by atoms with Crippen molar-refractivity contribution in [2.75, 3.05) is 0 Å². The van der Waals surface area contributed by atoms with E-state index in [2.05, 4.69) is 25.6 Å². The van der Waals surface area contributed by atoms with Gasteiger partial charge in [-0.1, -0.05) is 12.8 Å².